The van der Waals surface area contributed by atoms with Gasteiger partial charge in [-0.3, -0.25) is 4.98 Å². The third kappa shape index (κ3) is 11.2. The van der Waals surface area contributed by atoms with E-state index in [0.29, 0.717) is 45.0 Å². The van der Waals surface area contributed by atoms with E-state index in [1.807, 2.05) is 59.5 Å². The van der Waals surface area contributed by atoms with Crippen molar-refractivity contribution in [2.24, 2.45) is 7.05 Å². The molecule has 317 valence electrons. The molecule has 0 aliphatic rings. The van der Waals surface area contributed by atoms with E-state index < -0.39 is 0 Å². The zero-order valence-corrected chi connectivity index (χ0v) is 39.6. The number of rotatable bonds is 8. The Bertz CT molecular complexity index is 2820. The standard InChI is InChI=1S/C38H34N6.C15H14N3.Ir/c1-37(2,3)27-19-30(43-35(21-27)32-16-14-29(41-7)18-26(32)24-40)11-9-10-12-31-20-28(38(4,5)6)22-36(44-31)33-15-13-25(23-39)17-34(33)42-8;1-11-9-14-15(16-12(11)2)18(10-17(14)3)13-7-5-4-6-8-13;/h13-14,17-22H,9-12H2,1-6H3;4-7,9H,1-3H3;/q-2;-1;. The second kappa shape index (κ2) is 19.9. The SMILES string of the molecule is Cc1cc2c(nc1C)n(-c1[c-]cccc1)[c-][n+]2C.[C-]#[N+]c1c[c-]c(-c2cc(C(C)(C)C)cc(CCCCc3cc(C(C)(C)C)cc(-c4[c-]cc(C#N)cc4[N+]#[C-])n3)n2)c(C#N)c1.[Ir]. The van der Waals surface area contributed by atoms with Crippen LogP contribution in [0, 0.1) is 74.2 Å². The summed E-state index contributed by atoms with van der Waals surface area (Å²) in [5.41, 5.74) is 13.3. The van der Waals surface area contributed by atoms with Gasteiger partial charge in [-0.15, -0.1) is 23.8 Å². The van der Waals surface area contributed by atoms with Gasteiger partial charge in [0.05, 0.1) is 19.1 Å². The smallest absolute Gasteiger partial charge is 0.243 e. The minimum atomic E-state index is -0.115. The molecule has 7 rings (SSSR count). The Morgan fingerprint density at radius 3 is 1.90 bits per heavy atom. The first-order valence-corrected chi connectivity index (χ1v) is 20.5. The van der Waals surface area contributed by atoms with E-state index >= 15 is 0 Å². The van der Waals surface area contributed by atoms with Gasteiger partial charge in [0.15, 0.2) is 5.69 Å². The molecule has 0 saturated carbocycles. The molecule has 0 bridgehead atoms. The minimum absolute atomic E-state index is 0. The van der Waals surface area contributed by atoms with Crippen LogP contribution in [0.15, 0.2) is 78.9 Å². The van der Waals surface area contributed by atoms with Crippen molar-refractivity contribution in [1.82, 2.24) is 19.5 Å². The van der Waals surface area contributed by atoms with Gasteiger partial charge in [0.1, 0.15) is 12.2 Å². The number of nitrogens with zero attached hydrogens (tertiary/aromatic N) is 9. The van der Waals surface area contributed by atoms with Crippen molar-refractivity contribution >= 4 is 22.5 Å². The first kappa shape index (κ1) is 47.2. The molecule has 3 aromatic carbocycles. The molecular weight excluding hydrogens is 955 g/mol. The van der Waals surface area contributed by atoms with Gasteiger partial charge in [-0.25, -0.2) is 15.4 Å². The molecule has 1 radical (unpaired) electrons. The summed E-state index contributed by atoms with van der Waals surface area (Å²) < 4.78 is 3.91. The Morgan fingerprint density at radius 1 is 0.746 bits per heavy atom. The van der Waals surface area contributed by atoms with Crippen molar-refractivity contribution in [2.45, 2.75) is 91.9 Å². The minimum Gasteiger partial charge on any atom is -0.326 e. The van der Waals surface area contributed by atoms with E-state index in [4.69, 9.17) is 23.1 Å². The normalized spacial score (nSPS) is 11.0. The van der Waals surface area contributed by atoms with Crippen LogP contribution in [0.3, 0.4) is 0 Å². The fraction of sp³-hybridized carbons (Fsp3) is 0.283. The monoisotopic (exact) mass is 1000 g/mol. The second-order valence-electron chi connectivity index (χ2n) is 17.4. The van der Waals surface area contributed by atoms with Crippen molar-refractivity contribution in [3.63, 3.8) is 0 Å². The first-order valence-electron chi connectivity index (χ1n) is 20.5. The van der Waals surface area contributed by atoms with Crippen molar-refractivity contribution in [3.8, 4) is 40.3 Å². The zero-order valence-electron chi connectivity index (χ0n) is 37.2. The summed E-state index contributed by atoms with van der Waals surface area (Å²) >= 11 is 0. The molecule has 0 saturated heterocycles. The van der Waals surface area contributed by atoms with Gasteiger partial charge in [0.25, 0.3) is 0 Å². The Hall–Kier alpha value is -6.81. The number of hydrogen-bond donors (Lipinski definition) is 0. The molecule has 63 heavy (non-hydrogen) atoms. The quantitative estimate of drug-likeness (QED) is 0.0857. The molecule has 0 amide bonds. The average molecular weight is 1000 g/mol. The number of para-hydroxylation sites is 1. The molecule has 4 heterocycles. The number of imidazole rings is 1. The van der Waals surface area contributed by atoms with Crippen molar-refractivity contribution < 1.29 is 24.7 Å². The molecule has 0 aliphatic heterocycles. The number of fused-ring (bicyclic) bond motifs is 1. The number of aryl methyl sites for hydroxylation is 5. The van der Waals surface area contributed by atoms with Crippen LogP contribution in [0.5, 0.6) is 0 Å². The molecule has 0 unspecified atom stereocenters. The average Bonchev–Trinajstić information content (AvgIpc) is 3.58. The molecule has 0 atom stereocenters. The van der Waals surface area contributed by atoms with E-state index in [1.165, 1.54) is 5.56 Å². The molecule has 0 N–H and O–H groups in total. The van der Waals surface area contributed by atoms with Crippen molar-refractivity contribution in [2.75, 3.05) is 0 Å². The van der Waals surface area contributed by atoms with Crippen LogP contribution in [0.4, 0.5) is 11.4 Å². The van der Waals surface area contributed by atoms with E-state index in [0.717, 1.165) is 70.7 Å². The van der Waals surface area contributed by atoms with Crippen LogP contribution in [0.2, 0.25) is 0 Å². The van der Waals surface area contributed by atoms with Crippen LogP contribution < -0.4 is 4.57 Å². The van der Waals surface area contributed by atoms with E-state index in [1.54, 1.807) is 24.3 Å². The van der Waals surface area contributed by atoms with Gasteiger partial charge in [-0.1, -0.05) is 83.1 Å². The van der Waals surface area contributed by atoms with Gasteiger partial charge in [-0.2, -0.15) is 35.2 Å². The Balaban J connectivity index is 0.000000326. The fourth-order valence-electron chi connectivity index (χ4n) is 6.89. The molecule has 0 fully saturated rings. The molecule has 4 aromatic heterocycles. The molecule has 7 aromatic rings. The number of aromatic nitrogens is 5. The summed E-state index contributed by atoms with van der Waals surface area (Å²) in [7, 11) is 1.98. The van der Waals surface area contributed by atoms with Gasteiger partial charge in [-0.05, 0) is 108 Å². The Labute approximate surface area is 385 Å². The van der Waals surface area contributed by atoms with Crippen LogP contribution in [0.25, 0.3) is 49.1 Å². The number of pyridine rings is 3. The van der Waals surface area contributed by atoms with Crippen molar-refractivity contribution in [1.29, 1.82) is 10.5 Å². The molecule has 9 nitrogen and oxygen atoms in total. The second-order valence-corrected chi connectivity index (χ2v) is 17.4. The number of hydrogen-bond acceptors (Lipinski definition) is 5. The van der Waals surface area contributed by atoms with Gasteiger partial charge >= 0.3 is 0 Å². The maximum Gasteiger partial charge on any atom is 0.243 e. The number of unbranched alkanes of at least 4 members (excludes halogenated alkanes) is 1. The summed E-state index contributed by atoms with van der Waals surface area (Å²) in [6, 6.07) is 38.5. The first-order chi connectivity index (χ1) is 29.5. The largest absolute Gasteiger partial charge is 0.326 e. The van der Waals surface area contributed by atoms with Crippen LogP contribution in [-0.2, 0) is 50.8 Å². The summed E-state index contributed by atoms with van der Waals surface area (Å²) in [6.45, 7) is 32.0. The topological polar surface area (TPSA) is 104 Å². The zero-order chi connectivity index (χ0) is 44.8. The summed E-state index contributed by atoms with van der Waals surface area (Å²) in [6.07, 6.45) is 6.56. The summed E-state index contributed by atoms with van der Waals surface area (Å²) in [5, 5.41) is 19.0. The van der Waals surface area contributed by atoms with Gasteiger partial charge < -0.3 is 19.1 Å². The van der Waals surface area contributed by atoms with Gasteiger partial charge in [0, 0.05) is 49.3 Å². The molecule has 10 heteroatoms. The van der Waals surface area contributed by atoms with Crippen LogP contribution in [-0.4, -0.2) is 19.5 Å². The van der Waals surface area contributed by atoms with Gasteiger partial charge in [0.2, 0.25) is 12.0 Å². The van der Waals surface area contributed by atoms with E-state index in [9.17, 15) is 10.5 Å². The molecular formula is C53H48IrN9-3. The fourth-order valence-corrected chi connectivity index (χ4v) is 6.89. The predicted octanol–water partition coefficient (Wildman–Crippen LogP) is 11.5. The van der Waals surface area contributed by atoms with E-state index in [-0.39, 0.29) is 30.9 Å². The third-order valence-corrected chi connectivity index (χ3v) is 10.6. The molecule has 0 aliphatic carbocycles. The van der Waals surface area contributed by atoms with Crippen LogP contribution >= 0.6 is 0 Å². The van der Waals surface area contributed by atoms with Crippen LogP contribution in [0.1, 0.15) is 99.3 Å². The maximum atomic E-state index is 9.76. The predicted molar refractivity (Wildman–Crippen MR) is 242 cm³/mol. The van der Waals surface area contributed by atoms with E-state index in [2.05, 4.69) is 118 Å². The van der Waals surface area contributed by atoms with Crippen molar-refractivity contribution in [3.05, 3.63) is 171 Å². The Kier molecular flexibility index (Phi) is 14.9. The molecule has 0 spiro atoms. The summed E-state index contributed by atoms with van der Waals surface area (Å²) in [4.78, 5) is 21.6. The third-order valence-electron chi connectivity index (χ3n) is 10.6. The summed E-state index contributed by atoms with van der Waals surface area (Å²) in [5.74, 6) is 0. The maximum absolute atomic E-state index is 9.76. The Morgan fingerprint density at radius 2 is 1.37 bits per heavy atom. The number of nitriles is 2. The number of benzene rings is 3.